The minimum atomic E-state index is -0.819. The summed E-state index contributed by atoms with van der Waals surface area (Å²) in [5.74, 6) is -0.639. The molecule has 0 saturated heterocycles. The number of rotatable bonds is 48. The molecule has 0 saturated carbocycles. The van der Waals surface area contributed by atoms with E-state index in [1.807, 2.05) is 12.2 Å². The van der Waals surface area contributed by atoms with Crippen LogP contribution in [0.15, 0.2) is 72.9 Å². The Balaban J connectivity index is 4.62. The van der Waals surface area contributed by atoms with Gasteiger partial charge in [0.1, 0.15) is 6.10 Å². The number of hydrogen-bond donors (Lipinski definition) is 3. The van der Waals surface area contributed by atoms with Crippen molar-refractivity contribution in [1.82, 2.24) is 5.32 Å². The topological polar surface area (TPSA) is 95.9 Å². The predicted molar refractivity (Wildman–Crippen MR) is 278 cm³/mol. The summed E-state index contributed by atoms with van der Waals surface area (Å²) in [5.41, 5.74) is 0. The number of esters is 1. The van der Waals surface area contributed by atoms with E-state index < -0.39 is 18.2 Å². The second kappa shape index (κ2) is 51.3. The van der Waals surface area contributed by atoms with Gasteiger partial charge in [-0.15, -0.1) is 0 Å². The van der Waals surface area contributed by atoms with Gasteiger partial charge >= 0.3 is 5.97 Å². The SMILES string of the molecule is CCCCC/C=C\C/C=C\C/C=C\C/C=C\CCCCCC(=O)OC(/C=C/C/C=C\CCCCCCCC)CC(=O)NC(CO)C(O)CCCCCCCCCCCCCCCCC. The minimum Gasteiger partial charge on any atom is -0.458 e. The average Bonchev–Trinajstić information content (AvgIpc) is 3.29. The summed E-state index contributed by atoms with van der Waals surface area (Å²) >= 11 is 0. The monoisotopic (exact) mass is 894 g/mol. The molecule has 1 amide bonds. The van der Waals surface area contributed by atoms with E-state index in [0.29, 0.717) is 19.3 Å². The van der Waals surface area contributed by atoms with Gasteiger partial charge in [-0.05, 0) is 83.1 Å². The summed E-state index contributed by atoms with van der Waals surface area (Å²) in [4.78, 5) is 26.1. The van der Waals surface area contributed by atoms with Crippen LogP contribution in [0, 0.1) is 0 Å². The van der Waals surface area contributed by atoms with E-state index in [4.69, 9.17) is 4.74 Å². The highest BCUT2D eigenvalue weighted by molar-refractivity contribution is 5.78. The van der Waals surface area contributed by atoms with Crippen LogP contribution in [0.2, 0.25) is 0 Å². The molecule has 0 aromatic carbocycles. The van der Waals surface area contributed by atoms with Gasteiger partial charge in [0.2, 0.25) is 5.91 Å². The van der Waals surface area contributed by atoms with Crippen LogP contribution in [-0.4, -0.2) is 46.9 Å². The Hall–Kier alpha value is -2.70. The molecule has 3 unspecified atom stereocenters. The number of aliphatic hydroxyl groups is 2. The number of aliphatic hydroxyl groups excluding tert-OH is 2. The lowest BCUT2D eigenvalue weighted by atomic mass is 10.0. The van der Waals surface area contributed by atoms with E-state index in [2.05, 4.69) is 86.8 Å². The zero-order valence-electron chi connectivity index (χ0n) is 42.1. The second-order valence-corrected chi connectivity index (χ2v) is 18.3. The third-order valence-corrected chi connectivity index (χ3v) is 12.0. The summed E-state index contributed by atoms with van der Waals surface area (Å²) in [6, 6.07) is -0.742. The van der Waals surface area contributed by atoms with E-state index in [0.717, 1.165) is 70.6 Å². The molecule has 0 spiro atoms. The number of amides is 1. The molecule has 0 fully saturated rings. The molecule has 0 rings (SSSR count). The van der Waals surface area contributed by atoms with Gasteiger partial charge in [0.05, 0.1) is 25.2 Å². The number of allylic oxidation sites excluding steroid dienone is 11. The molecule has 0 radical (unpaired) electrons. The first-order valence-corrected chi connectivity index (χ1v) is 27.2. The number of unbranched alkanes of at least 4 members (excludes halogenated alkanes) is 26. The van der Waals surface area contributed by atoms with Crippen LogP contribution in [0.4, 0.5) is 0 Å². The van der Waals surface area contributed by atoms with Crippen LogP contribution in [-0.2, 0) is 14.3 Å². The van der Waals surface area contributed by atoms with Crippen molar-refractivity contribution in [2.24, 2.45) is 0 Å². The van der Waals surface area contributed by atoms with Crippen LogP contribution in [0.1, 0.15) is 258 Å². The van der Waals surface area contributed by atoms with Crippen molar-refractivity contribution in [3.63, 3.8) is 0 Å². The van der Waals surface area contributed by atoms with Crippen LogP contribution in [0.25, 0.3) is 0 Å². The van der Waals surface area contributed by atoms with Crippen molar-refractivity contribution in [3.8, 4) is 0 Å². The Morgan fingerprint density at radius 2 is 0.828 bits per heavy atom. The Morgan fingerprint density at radius 3 is 1.28 bits per heavy atom. The lowest BCUT2D eigenvalue weighted by Gasteiger charge is -2.23. The number of ether oxygens (including phenoxy) is 1. The van der Waals surface area contributed by atoms with Crippen molar-refractivity contribution >= 4 is 11.9 Å². The van der Waals surface area contributed by atoms with Gasteiger partial charge in [0, 0.05) is 6.42 Å². The molecule has 3 N–H and O–H groups in total. The first kappa shape index (κ1) is 61.3. The molecule has 6 heteroatoms. The van der Waals surface area contributed by atoms with Crippen LogP contribution in [0.5, 0.6) is 0 Å². The molecule has 0 aliphatic rings. The molecule has 0 aromatic heterocycles. The van der Waals surface area contributed by atoms with Crippen molar-refractivity contribution in [3.05, 3.63) is 72.9 Å². The zero-order valence-corrected chi connectivity index (χ0v) is 42.1. The highest BCUT2D eigenvalue weighted by Crippen LogP contribution is 2.16. The fourth-order valence-corrected chi connectivity index (χ4v) is 7.85. The molecule has 6 nitrogen and oxygen atoms in total. The third-order valence-electron chi connectivity index (χ3n) is 12.0. The lowest BCUT2D eigenvalue weighted by molar-refractivity contribution is -0.148. The number of carbonyl (C=O) groups excluding carboxylic acids is 2. The molecule has 370 valence electrons. The smallest absolute Gasteiger partial charge is 0.306 e. The fraction of sp³-hybridized carbons (Fsp3) is 0.759. The van der Waals surface area contributed by atoms with E-state index in [1.165, 1.54) is 141 Å². The van der Waals surface area contributed by atoms with Gasteiger partial charge in [-0.2, -0.15) is 0 Å². The normalized spacial score (nSPS) is 13.8. The van der Waals surface area contributed by atoms with Crippen LogP contribution < -0.4 is 5.32 Å². The average molecular weight is 894 g/mol. The van der Waals surface area contributed by atoms with E-state index >= 15 is 0 Å². The summed E-state index contributed by atoms with van der Waals surface area (Å²) in [6.45, 7) is 6.41. The van der Waals surface area contributed by atoms with Gasteiger partial charge in [0.15, 0.2) is 0 Å². The predicted octanol–water partition coefficient (Wildman–Crippen LogP) is 16.6. The minimum absolute atomic E-state index is 0.0437. The van der Waals surface area contributed by atoms with Gasteiger partial charge in [-0.3, -0.25) is 9.59 Å². The van der Waals surface area contributed by atoms with Crippen molar-refractivity contribution in [2.75, 3.05) is 6.61 Å². The highest BCUT2D eigenvalue weighted by Gasteiger charge is 2.23. The molecule has 0 aliphatic heterocycles. The maximum absolute atomic E-state index is 13.2. The summed E-state index contributed by atoms with van der Waals surface area (Å²) in [6.07, 6.45) is 65.7. The van der Waals surface area contributed by atoms with Crippen molar-refractivity contribution in [1.29, 1.82) is 0 Å². The Labute approximate surface area is 396 Å². The third kappa shape index (κ3) is 45.9. The molecule has 0 heterocycles. The Bertz CT molecular complexity index is 1190. The fourth-order valence-electron chi connectivity index (χ4n) is 7.85. The first-order chi connectivity index (χ1) is 31.5. The maximum atomic E-state index is 13.2. The molecule has 0 aromatic rings. The van der Waals surface area contributed by atoms with Crippen LogP contribution in [0.3, 0.4) is 0 Å². The molecule has 0 bridgehead atoms. The largest absolute Gasteiger partial charge is 0.458 e. The molecule has 64 heavy (non-hydrogen) atoms. The first-order valence-electron chi connectivity index (χ1n) is 27.2. The Kier molecular flexibility index (Phi) is 49.1. The number of nitrogens with one attached hydrogen (secondary N) is 1. The van der Waals surface area contributed by atoms with Crippen LogP contribution >= 0.6 is 0 Å². The van der Waals surface area contributed by atoms with E-state index in [-0.39, 0.29) is 24.9 Å². The van der Waals surface area contributed by atoms with E-state index in [1.54, 1.807) is 0 Å². The molecular weight excluding hydrogens is 791 g/mol. The molecular formula is C58H103NO5. The second-order valence-electron chi connectivity index (χ2n) is 18.3. The zero-order chi connectivity index (χ0) is 46.7. The summed E-state index contributed by atoms with van der Waals surface area (Å²) in [5, 5.41) is 23.7. The van der Waals surface area contributed by atoms with E-state index in [9.17, 15) is 19.8 Å². The molecule has 3 atom stereocenters. The summed E-state index contributed by atoms with van der Waals surface area (Å²) < 4.78 is 5.82. The van der Waals surface area contributed by atoms with Gasteiger partial charge in [0.25, 0.3) is 0 Å². The Morgan fingerprint density at radius 1 is 0.469 bits per heavy atom. The van der Waals surface area contributed by atoms with Gasteiger partial charge < -0.3 is 20.3 Å². The highest BCUT2D eigenvalue weighted by atomic mass is 16.5. The lowest BCUT2D eigenvalue weighted by Crippen LogP contribution is -2.46. The van der Waals surface area contributed by atoms with Gasteiger partial charge in [-0.1, -0.05) is 235 Å². The van der Waals surface area contributed by atoms with Gasteiger partial charge in [-0.25, -0.2) is 0 Å². The maximum Gasteiger partial charge on any atom is 0.306 e. The standard InChI is InChI=1S/C58H103NO5/c1-4-7-10-13-16-19-22-24-26-27-28-29-31-33-36-39-42-45-48-51-58(63)64-54(49-46-43-40-37-34-21-18-15-12-9-6-3)52-57(62)59-55(53-60)56(61)50-47-44-41-38-35-32-30-25-23-20-17-14-11-8-5-2/h16,19,24,26,28-29,33,36-37,40,46,49,54-56,60-61H,4-15,17-18,20-23,25,27,30-32,34-35,38-39,41-45,47-48,50-53H2,1-3H3,(H,59,62)/b19-16-,26-24-,29-28-,36-33-,40-37-,49-46+. The number of hydrogen-bond acceptors (Lipinski definition) is 5. The molecule has 0 aliphatic carbocycles. The quantitative estimate of drug-likeness (QED) is 0.0321. The summed E-state index contributed by atoms with van der Waals surface area (Å²) in [7, 11) is 0. The van der Waals surface area contributed by atoms with Crippen molar-refractivity contribution < 1.29 is 24.5 Å². The number of carbonyl (C=O) groups is 2. The van der Waals surface area contributed by atoms with Crippen molar-refractivity contribution in [2.45, 2.75) is 277 Å².